The molecule has 1 rings (SSSR count). The van der Waals surface area contributed by atoms with Crippen LogP contribution in [0.3, 0.4) is 0 Å². The van der Waals surface area contributed by atoms with E-state index >= 15 is 0 Å². The monoisotopic (exact) mass is 717 g/mol. The summed E-state index contributed by atoms with van der Waals surface area (Å²) >= 11 is 12.5. The number of allylic oxidation sites excluding steroid dienone is 9. The Balaban J connectivity index is 2.68. The number of halogens is 2. The van der Waals surface area contributed by atoms with Gasteiger partial charge in [-0.1, -0.05) is 73.6 Å². The van der Waals surface area contributed by atoms with E-state index in [1.807, 2.05) is 6.92 Å². The Hall–Kier alpha value is -3.30. The standard InChI is InChI=1S/C33H45Cl2NO12/c1-4-5-13-25(48-33(36)46)28(35)22(37)17-24(39)31(43)29(41)19(3)21(34)12-8-6-10-18(2)11-7-9-14-27(40)47-26-16-20(32(44)45)15-23(38)30(26)42/h5-14,19-20,22-23,25-26,28-31,37-38,41-43H,4,15-17H2,1-3H3,(H2,36,46)(H,44,45)/b8-6+,11-7+,13-5+,14-9+,18-10+,21-12-/t19-,20+,22-,23-,25-,26-,28+,29-,30+,31-/m1/s1. The third-order valence-corrected chi connectivity index (χ3v) is 8.38. The van der Waals surface area contributed by atoms with Crippen molar-refractivity contribution in [2.24, 2.45) is 17.6 Å². The average molecular weight is 719 g/mol. The van der Waals surface area contributed by atoms with Gasteiger partial charge in [-0.25, -0.2) is 9.59 Å². The highest BCUT2D eigenvalue weighted by Gasteiger charge is 2.41. The molecule has 15 heteroatoms. The van der Waals surface area contributed by atoms with Gasteiger partial charge >= 0.3 is 18.0 Å². The maximum absolute atomic E-state index is 12.6. The molecule has 0 heterocycles. The summed E-state index contributed by atoms with van der Waals surface area (Å²) < 4.78 is 9.99. The van der Waals surface area contributed by atoms with Crippen LogP contribution in [0, 0.1) is 11.8 Å². The molecule has 1 saturated carbocycles. The van der Waals surface area contributed by atoms with Crippen molar-refractivity contribution in [3.05, 3.63) is 71.4 Å². The van der Waals surface area contributed by atoms with Gasteiger partial charge in [0, 0.05) is 29.9 Å². The van der Waals surface area contributed by atoms with Crippen LogP contribution >= 0.6 is 23.2 Å². The smallest absolute Gasteiger partial charge is 0.405 e. The molecule has 0 unspecified atom stereocenters. The molecule has 0 bridgehead atoms. The molecule has 1 amide bonds. The number of carboxylic acid groups (broad SMARTS) is 1. The second-order valence-corrected chi connectivity index (χ2v) is 12.2. The highest BCUT2D eigenvalue weighted by atomic mass is 35.5. The summed E-state index contributed by atoms with van der Waals surface area (Å²) in [5.74, 6) is -4.67. The number of hydrogen-bond acceptors (Lipinski definition) is 11. The van der Waals surface area contributed by atoms with E-state index in [9.17, 15) is 44.7 Å². The third kappa shape index (κ3) is 14.9. The number of amides is 1. The lowest BCUT2D eigenvalue weighted by Crippen LogP contribution is -2.48. The molecule has 1 aliphatic carbocycles. The van der Waals surface area contributed by atoms with Gasteiger partial charge in [0.15, 0.2) is 5.78 Å². The van der Waals surface area contributed by atoms with Gasteiger partial charge < -0.3 is 45.8 Å². The number of aliphatic hydroxyl groups is 5. The summed E-state index contributed by atoms with van der Waals surface area (Å²) in [4.78, 5) is 47.0. The van der Waals surface area contributed by atoms with E-state index in [1.165, 1.54) is 25.2 Å². The molecule has 0 aliphatic heterocycles. The number of carbonyl (C=O) groups excluding carboxylic acids is 3. The summed E-state index contributed by atoms with van der Waals surface area (Å²) in [7, 11) is 0. The molecule has 0 aromatic heterocycles. The predicted octanol–water partition coefficient (Wildman–Crippen LogP) is 2.57. The fraction of sp³-hybridized carbons (Fsp3) is 0.515. The Morgan fingerprint density at radius 3 is 2.23 bits per heavy atom. The normalized spacial score (nSPS) is 24.8. The lowest BCUT2D eigenvalue weighted by molar-refractivity contribution is -0.170. The summed E-state index contributed by atoms with van der Waals surface area (Å²) in [5.41, 5.74) is 5.79. The maximum atomic E-state index is 12.6. The molecule has 48 heavy (non-hydrogen) atoms. The molecule has 0 saturated heterocycles. The number of esters is 1. The van der Waals surface area contributed by atoms with Crippen LogP contribution in [-0.4, -0.2) is 103 Å². The first-order valence-corrected chi connectivity index (χ1v) is 16.0. The number of aliphatic carboxylic acids is 1. The van der Waals surface area contributed by atoms with Crippen molar-refractivity contribution in [1.82, 2.24) is 0 Å². The topological polar surface area (TPSA) is 234 Å². The van der Waals surface area contributed by atoms with Crippen molar-refractivity contribution in [1.29, 1.82) is 0 Å². The molecule has 0 aromatic rings. The predicted molar refractivity (Wildman–Crippen MR) is 178 cm³/mol. The van der Waals surface area contributed by atoms with Crippen LogP contribution in [0.5, 0.6) is 0 Å². The number of primary amides is 1. The quantitative estimate of drug-likeness (QED) is 0.0356. The molecule has 0 spiro atoms. The summed E-state index contributed by atoms with van der Waals surface area (Å²) in [6.07, 6.45) is 3.63. The fourth-order valence-corrected chi connectivity index (χ4v) is 4.93. The van der Waals surface area contributed by atoms with E-state index in [4.69, 9.17) is 43.5 Å². The Bertz CT molecular complexity index is 1280. The average Bonchev–Trinajstić information content (AvgIpc) is 3.03. The zero-order valence-electron chi connectivity index (χ0n) is 26.8. The van der Waals surface area contributed by atoms with E-state index in [1.54, 1.807) is 43.4 Å². The zero-order valence-corrected chi connectivity index (χ0v) is 28.4. The van der Waals surface area contributed by atoms with Crippen molar-refractivity contribution in [3.63, 3.8) is 0 Å². The molecule has 0 radical (unpaired) electrons. The number of carboxylic acids is 1. The van der Waals surface area contributed by atoms with Gasteiger partial charge in [-0.05, 0) is 31.9 Å². The zero-order chi connectivity index (χ0) is 36.6. The van der Waals surface area contributed by atoms with Crippen LogP contribution in [0.25, 0.3) is 0 Å². The number of ether oxygens (including phenoxy) is 2. The highest BCUT2D eigenvalue weighted by Crippen LogP contribution is 2.28. The summed E-state index contributed by atoms with van der Waals surface area (Å²) in [6.45, 7) is 5.07. The second kappa shape index (κ2) is 21.6. The first kappa shape index (κ1) is 42.7. The molecule has 1 fully saturated rings. The van der Waals surface area contributed by atoms with E-state index in [0.29, 0.717) is 6.42 Å². The van der Waals surface area contributed by atoms with E-state index in [2.05, 4.69) is 0 Å². The number of nitrogens with two attached hydrogens (primary N) is 1. The fourth-order valence-electron chi connectivity index (χ4n) is 4.51. The van der Waals surface area contributed by atoms with Crippen molar-refractivity contribution >= 4 is 47.0 Å². The van der Waals surface area contributed by atoms with Crippen molar-refractivity contribution < 1.29 is 59.3 Å². The largest absolute Gasteiger partial charge is 0.481 e. The second-order valence-electron chi connectivity index (χ2n) is 11.2. The SMILES string of the molecule is CC/C=C/[C@@H](OC(N)=O)[C@@H](Cl)[C@H](O)CC(=O)[C@@H](O)[C@H](O)[C@H](C)/C(Cl)=C/C=C/C=C(C)/C=C/C=C/C(=O)O[C@@H]1C[C@@H](C(=O)O)C[C@@H](O)[C@@H]1O. The molecular weight excluding hydrogens is 673 g/mol. The molecule has 1 aliphatic rings. The van der Waals surface area contributed by atoms with Gasteiger partial charge in [-0.2, -0.15) is 0 Å². The lowest BCUT2D eigenvalue weighted by atomic mass is 9.83. The number of aliphatic hydroxyl groups excluding tert-OH is 5. The number of carbonyl (C=O) groups is 4. The van der Waals surface area contributed by atoms with Gasteiger partial charge in [0.25, 0.3) is 0 Å². The van der Waals surface area contributed by atoms with Crippen LogP contribution in [0.2, 0.25) is 0 Å². The van der Waals surface area contributed by atoms with Gasteiger partial charge in [0.05, 0.1) is 24.2 Å². The highest BCUT2D eigenvalue weighted by molar-refractivity contribution is 6.30. The molecule has 0 aromatic carbocycles. The van der Waals surface area contributed by atoms with Crippen molar-refractivity contribution in [3.8, 4) is 0 Å². The Labute approximate surface area is 289 Å². The Morgan fingerprint density at radius 2 is 1.62 bits per heavy atom. The first-order chi connectivity index (χ1) is 22.5. The van der Waals surface area contributed by atoms with Crippen molar-refractivity contribution in [2.45, 2.75) is 94.6 Å². The van der Waals surface area contributed by atoms with Gasteiger partial charge in [0.2, 0.25) is 0 Å². The summed E-state index contributed by atoms with van der Waals surface area (Å²) in [6, 6.07) is 0. The minimum atomic E-state index is -1.90. The maximum Gasteiger partial charge on any atom is 0.405 e. The molecule has 13 nitrogen and oxygen atoms in total. The number of alkyl halides is 1. The van der Waals surface area contributed by atoms with Crippen molar-refractivity contribution in [2.75, 3.05) is 0 Å². The van der Waals surface area contributed by atoms with Crippen LogP contribution < -0.4 is 5.73 Å². The van der Waals surface area contributed by atoms with E-state index in [-0.39, 0.29) is 17.9 Å². The Morgan fingerprint density at radius 1 is 1.00 bits per heavy atom. The van der Waals surface area contributed by atoms with Gasteiger partial charge in [-0.15, -0.1) is 11.6 Å². The van der Waals surface area contributed by atoms with Gasteiger partial charge in [-0.3, -0.25) is 9.59 Å². The van der Waals surface area contributed by atoms with Crippen LogP contribution in [0.4, 0.5) is 4.79 Å². The molecule has 10 atom stereocenters. The van der Waals surface area contributed by atoms with Gasteiger partial charge in [0.1, 0.15) is 29.8 Å². The number of Topliss-reactive ketones (excluding diaryl/α,β-unsaturated/α-hetero) is 1. The summed E-state index contributed by atoms with van der Waals surface area (Å²) in [5, 5.41) is 59.2. The minimum Gasteiger partial charge on any atom is -0.481 e. The lowest BCUT2D eigenvalue weighted by Gasteiger charge is -2.34. The van der Waals surface area contributed by atoms with Crippen LogP contribution in [0.15, 0.2) is 71.4 Å². The number of hydrogen-bond donors (Lipinski definition) is 7. The van der Waals surface area contributed by atoms with Crippen LogP contribution in [0.1, 0.15) is 46.5 Å². The molecular formula is C33H45Cl2NO12. The van der Waals surface area contributed by atoms with E-state index in [0.717, 1.165) is 11.6 Å². The molecule has 268 valence electrons. The molecule has 8 N–H and O–H groups in total. The van der Waals surface area contributed by atoms with E-state index < -0.39 is 90.2 Å². The number of rotatable bonds is 18. The number of ketones is 1. The first-order valence-electron chi connectivity index (χ1n) is 15.2. The minimum absolute atomic E-state index is 0.111. The van der Waals surface area contributed by atoms with Crippen LogP contribution in [-0.2, 0) is 23.9 Å². The third-order valence-electron chi connectivity index (χ3n) is 7.37. The Kier molecular flexibility index (Phi) is 19.2.